The number of amides is 1. The predicted molar refractivity (Wildman–Crippen MR) is 114 cm³/mol. The topological polar surface area (TPSA) is 64.8 Å². The van der Waals surface area contributed by atoms with Gasteiger partial charge in [0.05, 0.1) is 6.61 Å². The third kappa shape index (κ3) is 5.09. The summed E-state index contributed by atoms with van der Waals surface area (Å²) < 4.78 is 17.2. The Morgan fingerprint density at radius 3 is 2.72 bits per heavy atom. The molecule has 1 heterocycles. The van der Waals surface area contributed by atoms with Gasteiger partial charge in [-0.25, -0.2) is 4.98 Å². The Labute approximate surface area is 174 Å². The van der Waals surface area contributed by atoms with E-state index in [0.29, 0.717) is 40.1 Å². The number of hydrogen-bond donors (Lipinski definition) is 0. The van der Waals surface area contributed by atoms with Crippen molar-refractivity contribution in [3.63, 3.8) is 0 Å². The van der Waals surface area contributed by atoms with E-state index in [1.807, 2.05) is 25.1 Å². The van der Waals surface area contributed by atoms with E-state index in [9.17, 15) is 4.79 Å². The fraction of sp³-hybridized carbons (Fsp3) is 0.273. The van der Waals surface area contributed by atoms with E-state index in [0.717, 1.165) is 5.56 Å². The van der Waals surface area contributed by atoms with Gasteiger partial charge in [-0.1, -0.05) is 17.7 Å². The molecule has 0 N–H and O–H groups in total. The molecule has 3 aromatic rings. The number of likely N-dealkylation sites (N-methyl/N-ethyl adjacent to an activating group) is 1. The highest BCUT2D eigenvalue weighted by atomic mass is 35.5. The number of nitrogens with zero attached hydrogens (tertiary/aromatic N) is 2. The molecule has 1 amide bonds. The average molecular weight is 415 g/mol. The smallest absolute Gasteiger partial charge is 0.262 e. The van der Waals surface area contributed by atoms with Crippen LogP contribution < -0.4 is 9.47 Å². The van der Waals surface area contributed by atoms with Gasteiger partial charge in [0, 0.05) is 25.2 Å². The van der Waals surface area contributed by atoms with Crippen molar-refractivity contribution < 1.29 is 18.7 Å². The first kappa shape index (κ1) is 20.7. The molecule has 0 radical (unpaired) electrons. The predicted octanol–water partition coefficient (Wildman–Crippen LogP) is 4.91. The fourth-order valence-corrected chi connectivity index (χ4v) is 2.92. The Hall–Kier alpha value is -2.99. The Kier molecular flexibility index (Phi) is 6.44. The van der Waals surface area contributed by atoms with Crippen molar-refractivity contribution in [3.8, 4) is 11.5 Å². The van der Waals surface area contributed by atoms with Gasteiger partial charge in [0.1, 0.15) is 5.52 Å². The number of benzene rings is 2. The molecular formula is C22H23ClN2O4. The summed E-state index contributed by atoms with van der Waals surface area (Å²) in [4.78, 5) is 18.0. The molecule has 0 aliphatic carbocycles. The van der Waals surface area contributed by atoms with Crippen LogP contribution >= 0.6 is 11.6 Å². The number of carbonyl (C=O) groups is 1. The summed E-state index contributed by atoms with van der Waals surface area (Å²) in [6, 6.07) is 10.8. The Bertz CT molecular complexity index is 1040. The fourth-order valence-electron chi connectivity index (χ4n) is 2.76. The van der Waals surface area contributed by atoms with Crippen LogP contribution in [0, 0.1) is 0 Å². The zero-order chi connectivity index (χ0) is 21.0. The van der Waals surface area contributed by atoms with Crippen molar-refractivity contribution in [3.05, 3.63) is 52.9 Å². The molecule has 0 fully saturated rings. The number of hydrogen-bond acceptors (Lipinski definition) is 5. The van der Waals surface area contributed by atoms with Gasteiger partial charge in [0.25, 0.3) is 5.91 Å². The molecule has 152 valence electrons. The van der Waals surface area contributed by atoms with Gasteiger partial charge in [-0.15, -0.1) is 0 Å². The van der Waals surface area contributed by atoms with Crippen LogP contribution in [0.3, 0.4) is 0 Å². The summed E-state index contributed by atoms with van der Waals surface area (Å²) in [6.45, 7) is 4.08. The highest BCUT2D eigenvalue weighted by molar-refractivity contribution is 6.31. The lowest BCUT2D eigenvalue weighted by atomic mass is 10.2. The summed E-state index contributed by atoms with van der Waals surface area (Å²) in [6.07, 6.45) is 3.03. The summed E-state index contributed by atoms with van der Waals surface area (Å²) in [5, 5.41) is 0.611. The van der Waals surface area contributed by atoms with Crippen LogP contribution in [0.2, 0.25) is 5.02 Å². The average Bonchev–Trinajstić information content (AvgIpc) is 3.09. The molecule has 0 saturated carbocycles. The van der Waals surface area contributed by atoms with Crippen molar-refractivity contribution in [1.82, 2.24) is 9.88 Å². The van der Waals surface area contributed by atoms with Gasteiger partial charge in [-0.2, -0.15) is 0 Å². The minimum Gasteiger partial charge on any atom is -0.490 e. The van der Waals surface area contributed by atoms with Crippen molar-refractivity contribution in [2.75, 3.05) is 20.7 Å². The van der Waals surface area contributed by atoms with Crippen LogP contribution in [-0.4, -0.2) is 42.6 Å². The lowest BCUT2D eigenvalue weighted by molar-refractivity contribution is -0.135. The maximum Gasteiger partial charge on any atom is 0.262 e. The second-order valence-electron chi connectivity index (χ2n) is 6.63. The minimum atomic E-state index is -0.614. The number of aromatic nitrogens is 1. The van der Waals surface area contributed by atoms with Crippen LogP contribution in [0.1, 0.15) is 25.3 Å². The molecule has 0 saturated heterocycles. The van der Waals surface area contributed by atoms with E-state index in [1.165, 1.54) is 4.90 Å². The second-order valence-corrected chi connectivity index (χ2v) is 7.07. The number of ether oxygens (including phenoxy) is 2. The van der Waals surface area contributed by atoms with E-state index < -0.39 is 6.10 Å². The molecule has 1 aromatic heterocycles. The molecule has 0 bridgehead atoms. The summed E-state index contributed by atoms with van der Waals surface area (Å²) in [5.41, 5.74) is 2.26. The van der Waals surface area contributed by atoms with Gasteiger partial charge in [-0.05, 0) is 55.8 Å². The number of carbonyl (C=O) groups excluding carboxylic acids is 1. The number of halogens is 1. The van der Waals surface area contributed by atoms with Crippen LogP contribution in [0.4, 0.5) is 0 Å². The number of rotatable bonds is 7. The van der Waals surface area contributed by atoms with Crippen molar-refractivity contribution in [1.29, 1.82) is 0 Å². The number of oxazole rings is 1. The Morgan fingerprint density at radius 2 is 2.00 bits per heavy atom. The highest BCUT2D eigenvalue weighted by Gasteiger charge is 2.18. The molecule has 0 spiro atoms. The van der Waals surface area contributed by atoms with Gasteiger partial charge < -0.3 is 18.8 Å². The van der Waals surface area contributed by atoms with E-state index in [4.69, 9.17) is 25.5 Å². The standard InChI is InChI=1S/C22H23ClN2O4/c1-5-27-20-12-15(6-9-19(20)28-14(2)22(26)25(3)4)7-11-21-24-17-13-16(23)8-10-18(17)29-21/h6-14H,5H2,1-4H3/b11-7+/t14-/m1/s1. The maximum atomic E-state index is 12.1. The Balaban J connectivity index is 1.81. The van der Waals surface area contributed by atoms with Gasteiger partial charge in [-0.3, -0.25) is 4.79 Å². The second kappa shape index (κ2) is 9.01. The molecule has 2 aromatic carbocycles. The quantitative estimate of drug-likeness (QED) is 0.549. The minimum absolute atomic E-state index is 0.118. The highest BCUT2D eigenvalue weighted by Crippen LogP contribution is 2.30. The molecule has 0 aliphatic heterocycles. The normalized spacial score (nSPS) is 12.3. The molecule has 0 unspecified atom stereocenters. The van der Waals surface area contributed by atoms with Crippen LogP contribution in [0.15, 0.2) is 40.8 Å². The van der Waals surface area contributed by atoms with Crippen molar-refractivity contribution in [2.45, 2.75) is 20.0 Å². The third-order valence-electron chi connectivity index (χ3n) is 4.14. The Morgan fingerprint density at radius 1 is 1.21 bits per heavy atom. The first-order chi connectivity index (χ1) is 13.9. The molecule has 6 nitrogen and oxygen atoms in total. The molecule has 0 aliphatic rings. The summed E-state index contributed by atoms with van der Waals surface area (Å²) >= 11 is 5.99. The van der Waals surface area contributed by atoms with Gasteiger partial charge >= 0.3 is 0 Å². The first-order valence-electron chi connectivity index (χ1n) is 9.26. The summed E-state index contributed by atoms with van der Waals surface area (Å²) in [5.74, 6) is 1.44. The van der Waals surface area contributed by atoms with Gasteiger partial charge in [0.2, 0.25) is 5.89 Å². The lowest BCUT2D eigenvalue weighted by Crippen LogP contribution is -2.35. The van der Waals surface area contributed by atoms with Crippen LogP contribution in [-0.2, 0) is 4.79 Å². The third-order valence-corrected chi connectivity index (χ3v) is 4.38. The largest absolute Gasteiger partial charge is 0.490 e. The first-order valence-corrected chi connectivity index (χ1v) is 9.64. The molecule has 29 heavy (non-hydrogen) atoms. The summed E-state index contributed by atoms with van der Waals surface area (Å²) in [7, 11) is 3.39. The lowest BCUT2D eigenvalue weighted by Gasteiger charge is -2.20. The number of fused-ring (bicyclic) bond motifs is 1. The van der Waals surface area contributed by atoms with E-state index in [1.54, 1.807) is 51.4 Å². The van der Waals surface area contributed by atoms with E-state index >= 15 is 0 Å². The van der Waals surface area contributed by atoms with Gasteiger partial charge in [0.15, 0.2) is 23.2 Å². The van der Waals surface area contributed by atoms with Crippen LogP contribution in [0.25, 0.3) is 23.3 Å². The SMILES string of the molecule is CCOc1cc(/C=C/c2nc3cc(Cl)ccc3o2)ccc1O[C@H](C)C(=O)N(C)C. The molecule has 3 rings (SSSR count). The van der Waals surface area contributed by atoms with Crippen molar-refractivity contribution in [2.24, 2.45) is 0 Å². The van der Waals surface area contributed by atoms with Crippen LogP contribution in [0.5, 0.6) is 11.5 Å². The zero-order valence-corrected chi connectivity index (χ0v) is 17.6. The maximum absolute atomic E-state index is 12.1. The molecule has 7 heteroatoms. The molecule has 1 atom stereocenters. The van der Waals surface area contributed by atoms with Crippen molar-refractivity contribution >= 4 is 40.8 Å². The van der Waals surface area contributed by atoms with E-state index in [2.05, 4.69) is 4.98 Å². The zero-order valence-electron chi connectivity index (χ0n) is 16.8. The molecular weight excluding hydrogens is 392 g/mol. The van der Waals surface area contributed by atoms with E-state index in [-0.39, 0.29) is 5.91 Å². The monoisotopic (exact) mass is 414 g/mol.